The maximum atomic E-state index is 13.1. The van der Waals surface area contributed by atoms with Crippen molar-refractivity contribution in [2.75, 3.05) is 26.2 Å². The molecule has 0 radical (unpaired) electrons. The Balaban J connectivity index is 1.27. The molecule has 2 unspecified atom stereocenters. The molecule has 2 fully saturated rings. The summed E-state index contributed by atoms with van der Waals surface area (Å²) < 4.78 is 10.1. The van der Waals surface area contributed by atoms with E-state index < -0.39 is 5.97 Å². The molecule has 0 spiro atoms. The molecule has 9 heteroatoms. The molecule has 3 aromatic carbocycles. The van der Waals surface area contributed by atoms with Crippen LogP contribution in [-0.2, 0) is 20.0 Å². The number of carboxylic acids is 1. The van der Waals surface area contributed by atoms with Gasteiger partial charge < -0.3 is 19.7 Å². The molecule has 1 saturated heterocycles. The number of aryl methyl sites for hydroxylation is 3. The van der Waals surface area contributed by atoms with Crippen LogP contribution in [0.25, 0.3) is 32.8 Å². The zero-order valence-electron chi connectivity index (χ0n) is 25.4. The Kier molecular flexibility index (Phi) is 7.60. The fourth-order valence-electron chi connectivity index (χ4n) is 7.21. The first kappa shape index (κ1) is 28.9. The molecule has 228 valence electrons. The lowest BCUT2D eigenvalue weighted by molar-refractivity contribution is 0.0683. The Labute approximate surface area is 262 Å². The van der Waals surface area contributed by atoms with Gasteiger partial charge in [0.25, 0.3) is 0 Å². The lowest BCUT2D eigenvalue weighted by Gasteiger charge is -2.27. The standard InChI is InChI=1S/C35H38ClN5O3/c1-21-31(22(2)39(3)38-21)32-27(36)14-13-26-25(11-7-19-44-30-12-6-9-23-8-4-5-10-24(23)30)34(35(42)43)41(33(26)32)18-17-40-16-15-37-28-20-29(28)40/h4-6,8-10,12-14,28-29,37H,7,11,15-20H2,1-3H3,(H,42,43). The van der Waals surface area contributed by atoms with Gasteiger partial charge in [-0.15, -0.1) is 0 Å². The minimum Gasteiger partial charge on any atom is -0.493 e. The van der Waals surface area contributed by atoms with Crippen LogP contribution in [0.15, 0.2) is 54.6 Å². The molecule has 0 amide bonds. The number of piperazine rings is 1. The number of aromatic carboxylic acids is 1. The second-order valence-corrected chi connectivity index (χ2v) is 12.5. The average Bonchev–Trinajstić information content (AvgIpc) is 3.69. The number of hydrogen-bond acceptors (Lipinski definition) is 5. The summed E-state index contributed by atoms with van der Waals surface area (Å²) in [6.07, 6.45) is 2.40. The second-order valence-electron chi connectivity index (χ2n) is 12.1. The van der Waals surface area contributed by atoms with Crippen molar-refractivity contribution in [3.63, 3.8) is 0 Å². The summed E-state index contributed by atoms with van der Waals surface area (Å²) in [5.41, 5.74) is 5.74. The van der Waals surface area contributed by atoms with Crippen molar-refractivity contribution in [2.24, 2.45) is 7.05 Å². The topological polar surface area (TPSA) is 84.5 Å². The third kappa shape index (κ3) is 5.05. The Bertz CT molecular complexity index is 1890. The number of ether oxygens (including phenoxy) is 1. The Hall–Kier alpha value is -3.85. The number of carboxylic acid groups (broad SMARTS) is 1. The highest BCUT2D eigenvalue weighted by Gasteiger charge is 2.43. The lowest BCUT2D eigenvalue weighted by Crippen LogP contribution is -2.44. The molecule has 2 aromatic heterocycles. The first-order chi connectivity index (χ1) is 21.3. The SMILES string of the molecule is Cc1nn(C)c(C)c1-c1c(Cl)ccc2c(CCCOc3cccc4ccccc34)c(C(=O)O)n(CCN3CCNC4CC43)c12. The fourth-order valence-corrected chi connectivity index (χ4v) is 7.46. The molecule has 3 heterocycles. The molecule has 44 heavy (non-hydrogen) atoms. The van der Waals surface area contributed by atoms with Gasteiger partial charge in [-0.1, -0.05) is 54.1 Å². The van der Waals surface area contributed by atoms with Crippen LogP contribution in [-0.4, -0.2) is 68.6 Å². The number of nitrogens with one attached hydrogen (secondary N) is 1. The predicted octanol–water partition coefficient (Wildman–Crippen LogP) is 6.22. The number of nitrogens with zero attached hydrogens (tertiary/aromatic N) is 4. The van der Waals surface area contributed by atoms with Gasteiger partial charge in [0.15, 0.2) is 0 Å². The number of rotatable bonds is 10. The number of halogens is 1. The lowest BCUT2D eigenvalue weighted by atomic mass is 9.98. The van der Waals surface area contributed by atoms with E-state index in [2.05, 4.69) is 33.5 Å². The van der Waals surface area contributed by atoms with Crippen molar-refractivity contribution in [3.8, 4) is 16.9 Å². The Morgan fingerprint density at radius 2 is 1.89 bits per heavy atom. The number of fused-ring (bicyclic) bond motifs is 3. The summed E-state index contributed by atoms with van der Waals surface area (Å²) in [5.74, 6) is -0.0764. The third-order valence-corrected chi connectivity index (χ3v) is 9.77. The van der Waals surface area contributed by atoms with Crippen LogP contribution in [0.4, 0.5) is 0 Å². The van der Waals surface area contributed by atoms with Crippen molar-refractivity contribution in [1.29, 1.82) is 0 Å². The van der Waals surface area contributed by atoms with E-state index >= 15 is 0 Å². The van der Waals surface area contributed by atoms with Crippen molar-refractivity contribution < 1.29 is 14.6 Å². The van der Waals surface area contributed by atoms with E-state index in [1.807, 2.05) is 66.5 Å². The highest BCUT2D eigenvalue weighted by molar-refractivity contribution is 6.35. The van der Waals surface area contributed by atoms with Gasteiger partial charge >= 0.3 is 5.97 Å². The second kappa shape index (κ2) is 11.6. The minimum atomic E-state index is -0.919. The maximum Gasteiger partial charge on any atom is 0.352 e. The summed E-state index contributed by atoms with van der Waals surface area (Å²) in [6, 6.07) is 19.3. The van der Waals surface area contributed by atoms with E-state index in [0.717, 1.165) is 81.6 Å². The van der Waals surface area contributed by atoms with Crippen LogP contribution in [0.3, 0.4) is 0 Å². The first-order valence-corrected chi connectivity index (χ1v) is 15.9. The van der Waals surface area contributed by atoms with E-state index in [9.17, 15) is 9.90 Å². The van der Waals surface area contributed by atoms with Crippen molar-refractivity contribution in [3.05, 3.63) is 82.3 Å². The fraction of sp³-hybridized carbons (Fsp3) is 0.371. The molecular weight excluding hydrogens is 574 g/mol. The van der Waals surface area contributed by atoms with E-state index in [0.29, 0.717) is 48.8 Å². The van der Waals surface area contributed by atoms with Crippen LogP contribution < -0.4 is 10.1 Å². The van der Waals surface area contributed by atoms with Gasteiger partial charge in [-0.05, 0) is 56.2 Å². The molecule has 2 atom stereocenters. The first-order valence-electron chi connectivity index (χ1n) is 15.5. The molecule has 0 bridgehead atoms. The molecular formula is C35H38ClN5O3. The normalized spacial score (nSPS) is 18.2. The summed E-state index contributed by atoms with van der Waals surface area (Å²) >= 11 is 6.99. The van der Waals surface area contributed by atoms with Gasteiger partial charge in [-0.25, -0.2) is 4.79 Å². The van der Waals surface area contributed by atoms with E-state index in [1.165, 1.54) is 0 Å². The van der Waals surface area contributed by atoms with Gasteiger partial charge in [0.05, 0.1) is 22.8 Å². The average molecular weight is 612 g/mol. The van der Waals surface area contributed by atoms with Gasteiger partial charge in [-0.2, -0.15) is 5.10 Å². The number of aromatic nitrogens is 3. The monoisotopic (exact) mass is 611 g/mol. The van der Waals surface area contributed by atoms with Crippen molar-refractivity contribution in [2.45, 2.75) is 51.7 Å². The molecule has 2 aliphatic rings. The van der Waals surface area contributed by atoms with Crippen LogP contribution in [0.5, 0.6) is 5.75 Å². The zero-order chi connectivity index (χ0) is 30.5. The van der Waals surface area contributed by atoms with Crippen molar-refractivity contribution >= 4 is 39.2 Å². The van der Waals surface area contributed by atoms with Crippen LogP contribution in [0, 0.1) is 13.8 Å². The largest absolute Gasteiger partial charge is 0.493 e. The number of hydrogen-bond donors (Lipinski definition) is 2. The highest BCUT2D eigenvalue weighted by atomic mass is 35.5. The smallest absolute Gasteiger partial charge is 0.352 e. The predicted molar refractivity (Wildman–Crippen MR) is 175 cm³/mol. The van der Waals surface area contributed by atoms with Crippen LogP contribution >= 0.6 is 11.6 Å². The summed E-state index contributed by atoms with van der Waals surface area (Å²) in [6.45, 7) is 7.79. The summed E-state index contributed by atoms with van der Waals surface area (Å²) in [5, 5.41) is 22.7. The quantitative estimate of drug-likeness (QED) is 0.182. The summed E-state index contributed by atoms with van der Waals surface area (Å²) in [7, 11) is 1.93. The number of benzene rings is 3. The third-order valence-electron chi connectivity index (χ3n) is 9.46. The van der Waals surface area contributed by atoms with Crippen molar-refractivity contribution in [1.82, 2.24) is 24.6 Å². The molecule has 2 N–H and O–H groups in total. The summed E-state index contributed by atoms with van der Waals surface area (Å²) in [4.78, 5) is 15.6. The molecule has 1 aliphatic carbocycles. The molecule has 7 rings (SSSR count). The van der Waals surface area contributed by atoms with E-state index in [4.69, 9.17) is 16.3 Å². The van der Waals surface area contributed by atoms with Gasteiger partial charge in [-0.3, -0.25) is 9.58 Å². The van der Waals surface area contributed by atoms with Gasteiger partial charge in [0, 0.05) is 72.9 Å². The van der Waals surface area contributed by atoms with Crippen LogP contribution in [0.2, 0.25) is 5.02 Å². The molecule has 5 aromatic rings. The number of carbonyl (C=O) groups is 1. The molecule has 1 aliphatic heterocycles. The minimum absolute atomic E-state index is 0.343. The van der Waals surface area contributed by atoms with Gasteiger partial charge in [0.1, 0.15) is 11.4 Å². The van der Waals surface area contributed by atoms with E-state index in [-0.39, 0.29) is 0 Å². The maximum absolute atomic E-state index is 13.1. The van der Waals surface area contributed by atoms with E-state index in [1.54, 1.807) is 0 Å². The Morgan fingerprint density at radius 3 is 2.68 bits per heavy atom. The van der Waals surface area contributed by atoms with Crippen LogP contribution in [0.1, 0.15) is 40.3 Å². The zero-order valence-corrected chi connectivity index (χ0v) is 26.2. The van der Waals surface area contributed by atoms with Gasteiger partial charge in [0.2, 0.25) is 0 Å². The molecule has 1 saturated carbocycles. The highest BCUT2D eigenvalue weighted by Crippen LogP contribution is 2.42. The molecule has 8 nitrogen and oxygen atoms in total. The Morgan fingerprint density at radius 1 is 1.07 bits per heavy atom.